The zero-order chi connectivity index (χ0) is 21.8. The van der Waals surface area contributed by atoms with Crippen LogP contribution in [0.25, 0.3) is 0 Å². The number of hydrogen-bond donors (Lipinski definition) is 1. The summed E-state index contributed by atoms with van der Waals surface area (Å²) >= 11 is 6.12. The predicted molar refractivity (Wildman–Crippen MR) is 114 cm³/mol. The molecule has 164 valence electrons. The Hall–Kier alpha value is -2.78. The highest BCUT2D eigenvalue weighted by atomic mass is 35.5. The van der Waals surface area contributed by atoms with E-state index in [1.54, 1.807) is 36.4 Å². The first-order valence-electron chi connectivity index (χ1n) is 9.84. The van der Waals surface area contributed by atoms with E-state index in [-0.39, 0.29) is 24.3 Å². The SMILES string of the molecule is O=C(CCCCCN=C1NS(=O)(=O)c2ccccc21)OCc1cc(Cl)c2c(c1)OCO2. The van der Waals surface area contributed by atoms with Crippen LogP contribution in [0, 0.1) is 0 Å². The topological polar surface area (TPSA) is 103 Å². The first-order valence-corrected chi connectivity index (χ1v) is 11.7. The summed E-state index contributed by atoms with van der Waals surface area (Å²) in [5, 5.41) is 0.426. The summed E-state index contributed by atoms with van der Waals surface area (Å²) in [6.07, 6.45) is 2.47. The molecule has 1 N–H and O–H groups in total. The molecule has 4 rings (SSSR count). The number of nitrogens with zero attached hydrogens (tertiary/aromatic N) is 1. The van der Waals surface area contributed by atoms with Crippen LogP contribution >= 0.6 is 11.6 Å². The van der Waals surface area contributed by atoms with E-state index in [1.807, 2.05) is 0 Å². The largest absolute Gasteiger partial charge is 0.461 e. The average molecular weight is 465 g/mol. The van der Waals surface area contributed by atoms with E-state index in [9.17, 15) is 13.2 Å². The van der Waals surface area contributed by atoms with Crippen molar-refractivity contribution in [2.24, 2.45) is 4.99 Å². The van der Waals surface area contributed by atoms with Gasteiger partial charge in [-0.05, 0) is 42.7 Å². The Morgan fingerprint density at radius 3 is 2.87 bits per heavy atom. The zero-order valence-corrected chi connectivity index (χ0v) is 18.2. The van der Waals surface area contributed by atoms with Crippen molar-refractivity contribution in [3.05, 3.63) is 52.5 Å². The molecule has 0 radical (unpaired) electrons. The third-order valence-corrected chi connectivity index (χ3v) is 6.54. The minimum atomic E-state index is -3.51. The van der Waals surface area contributed by atoms with Gasteiger partial charge >= 0.3 is 5.97 Å². The summed E-state index contributed by atoms with van der Waals surface area (Å²) < 4.78 is 42.4. The van der Waals surface area contributed by atoms with Gasteiger partial charge in [0.25, 0.3) is 10.0 Å². The molecule has 0 saturated carbocycles. The first-order chi connectivity index (χ1) is 14.9. The van der Waals surface area contributed by atoms with Crippen LogP contribution in [0.15, 0.2) is 46.3 Å². The van der Waals surface area contributed by atoms with E-state index in [1.165, 1.54) is 0 Å². The Kier molecular flexibility index (Phi) is 6.33. The fourth-order valence-electron chi connectivity index (χ4n) is 3.34. The number of fused-ring (bicyclic) bond motifs is 2. The molecule has 0 saturated heterocycles. The summed E-state index contributed by atoms with van der Waals surface area (Å²) in [6.45, 7) is 0.710. The van der Waals surface area contributed by atoms with Crippen LogP contribution in [0.5, 0.6) is 11.5 Å². The minimum absolute atomic E-state index is 0.113. The quantitative estimate of drug-likeness (QED) is 0.474. The van der Waals surface area contributed by atoms with Crippen molar-refractivity contribution in [1.82, 2.24) is 4.72 Å². The van der Waals surface area contributed by atoms with Gasteiger partial charge in [0.05, 0.1) is 9.92 Å². The van der Waals surface area contributed by atoms with Gasteiger partial charge in [-0.3, -0.25) is 14.5 Å². The van der Waals surface area contributed by atoms with Gasteiger partial charge in [0.15, 0.2) is 11.5 Å². The number of amidine groups is 1. The maximum atomic E-state index is 12.0. The Balaban J connectivity index is 1.17. The fourth-order valence-corrected chi connectivity index (χ4v) is 4.88. The van der Waals surface area contributed by atoms with Crippen molar-refractivity contribution in [2.75, 3.05) is 13.3 Å². The highest BCUT2D eigenvalue weighted by Gasteiger charge is 2.29. The third-order valence-electron chi connectivity index (χ3n) is 4.86. The number of nitrogens with one attached hydrogen (secondary N) is 1. The second-order valence-corrected chi connectivity index (χ2v) is 9.17. The highest BCUT2D eigenvalue weighted by Crippen LogP contribution is 2.39. The molecule has 2 aromatic rings. The molecule has 31 heavy (non-hydrogen) atoms. The number of sulfonamides is 1. The maximum absolute atomic E-state index is 12.0. The molecule has 0 amide bonds. The molecule has 2 aromatic carbocycles. The number of carbonyl (C=O) groups is 1. The molecule has 0 bridgehead atoms. The average Bonchev–Trinajstić information content (AvgIpc) is 3.32. The molecule has 2 aliphatic heterocycles. The van der Waals surface area contributed by atoms with E-state index >= 15 is 0 Å². The highest BCUT2D eigenvalue weighted by molar-refractivity contribution is 7.90. The molecule has 0 spiro atoms. The van der Waals surface area contributed by atoms with Gasteiger partial charge in [0.2, 0.25) is 6.79 Å². The third kappa shape index (κ3) is 4.94. The van der Waals surface area contributed by atoms with Crippen LogP contribution < -0.4 is 14.2 Å². The summed E-state index contributed by atoms with van der Waals surface area (Å²) in [5.41, 5.74) is 1.33. The molecular weight excluding hydrogens is 444 g/mol. The van der Waals surface area contributed by atoms with Gasteiger partial charge < -0.3 is 14.2 Å². The molecule has 8 nitrogen and oxygen atoms in total. The number of carbonyl (C=O) groups excluding carboxylic acids is 1. The summed E-state index contributed by atoms with van der Waals surface area (Å²) in [7, 11) is -3.51. The maximum Gasteiger partial charge on any atom is 0.306 e. The van der Waals surface area contributed by atoms with E-state index < -0.39 is 10.0 Å². The minimum Gasteiger partial charge on any atom is -0.461 e. The van der Waals surface area contributed by atoms with Crippen molar-refractivity contribution in [3.8, 4) is 11.5 Å². The number of esters is 1. The summed E-state index contributed by atoms with van der Waals surface area (Å²) in [6, 6.07) is 10.2. The predicted octanol–water partition coefficient (Wildman–Crippen LogP) is 3.41. The van der Waals surface area contributed by atoms with Gasteiger partial charge in [0, 0.05) is 18.5 Å². The zero-order valence-electron chi connectivity index (χ0n) is 16.6. The number of ether oxygens (including phenoxy) is 3. The molecule has 0 unspecified atom stereocenters. The lowest BCUT2D eigenvalue weighted by atomic mass is 10.2. The second-order valence-electron chi connectivity index (χ2n) is 7.11. The Morgan fingerprint density at radius 2 is 2.00 bits per heavy atom. The van der Waals surface area contributed by atoms with Crippen molar-refractivity contribution < 1.29 is 27.4 Å². The van der Waals surface area contributed by atoms with E-state index in [2.05, 4.69) is 9.71 Å². The molecular formula is C21H21ClN2O6S. The molecule has 0 aromatic heterocycles. The number of hydrogen-bond acceptors (Lipinski definition) is 7. The van der Waals surface area contributed by atoms with Crippen LogP contribution in [0.3, 0.4) is 0 Å². The molecule has 2 heterocycles. The lowest BCUT2D eigenvalue weighted by Gasteiger charge is -2.07. The number of halogens is 1. The van der Waals surface area contributed by atoms with E-state index in [4.69, 9.17) is 25.8 Å². The van der Waals surface area contributed by atoms with Crippen LogP contribution in [-0.4, -0.2) is 33.6 Å². The lowest BCUT2D eigenvalue weighted by molar-refractivity contribution is -0.145. The lowest BCUT2D eigenvalue weighted by Crippen LogP contribution is -2.22. The van der Waals surface area contributed by atoms with Crippen molar-refractivity contribution in [2.45, 2.75) is 37.2 Å². The van der Waals surface area contributed by atoms with Crippen molar-refractivity contribution in [3.63, 3.8) is 0 Å². The first kappa shape index (κ1) is 21.5. The monoisotopic (exact) mass is 464 g/mol. The molecule has 10 heteroatoms. The van der Waals surface area contributed by atoms with Crippen LogP contribution in [0.2, 0.25) is 5.02 Å². The number of rotatable bonds is 8. The number of unbranched alkanes of at least 4 members (excludes halogenated alkanes) is 2. The van der Waals surface area contributed by atoms with Crippen molar-refractivity contribution >= 4 is 33.4 Å². The van der Waals surface area contributed by atoms with Gasteiger partial charge in [-0.2, -0.15) is 0 Å². The van der Waals surface area contributed by atoms with Gasteiger partial charge in [-0.1, -0.05) is 30.2 Å². The van der Waals surface area contributed by atoms with Crippen LogP contribution in [-0.2, 0) is 26.2 Å². The van der Waals surface area contributed by atoms with Gasteiger partial charge in [-0.25, -0.2) is 8.42 Å². The molecule has 0 aliphatic carbocycles. The van der Waals surface area contributed by atoms with Gasteiger partial charge in [0.1, 0.15) is 12.4 Å². The number of aliphatic imine (C=N–C) groups is 1. The standard InChI is InChI=1S/C21H21ClN2O6S/c22-16-10-14(11-17-20(16)30-13-29-17)12-28-19(25)8-2-1-5-9-23-21-15-6-3-4-7-18(15)31(26,27)24-21/h3-4,6-7,10-11H,1-2,5,8-9,12-13H2,(H,23,24). The Labute approximate surface area is 185 Å². The molecule has 0 atom stereocenters. The van der Waals surface area contributed by atoms with Crippen molar-refractivity contribution in [1.29, 1.82) is 0 Å². The second kappa shape index (κ2) is 9.15. The Morgan fingerprint density at radius 1 is 1.16 bits per heavy atom. The fraction of sp³-hybridized carbons (Fsp3) is 0.333. The molecule has 2 aliphatic rings. The normalized spacial score (nSPS) is 16.7. The van der Waals surface area contributed by atoms with Crippen LogP contribution in [0.4, 0.5) is 0 Å². The van der Waals surface area contributed by atoms with Crippen LogP contribution in [0.1, 0.15) is 36.8 Å². The summed E-state index contributed by atoms with van der Waals surface area (Å²) in [5.74, 6) is 1.14. The smallest absolute Gasteiger partial charge is 0.306 e. The molecule has 0 fully saturated rings. The Bertz CT molecular complexity index is 1130. The number of benzene rings is 2. The summed E-state index contributed by atoms with van der Waals surface area (Å²) in [4.78, 5) is 16.6. The van der Waals surface area contributed by atoms with E-state index in [0.29, 0.717) is 47.3 Å². The van der Waals surface area contributed by atoms with Gasteiger partial charge in [-0.15, -0.1) is 0 Å². The van der Waals surface area contributed by atoms with E-state index in [0.717, 1.165) is 18.4 Å².